The Bertz CT molecular complexity index is 789. The molecule has 0 bridgehead atoms. The van der Waals surface area contributed by atoms with Crippen molar-refractivity contribution in [1.29, 1.82) is 0 Å². The van der Waals surface area contributed by atoms with Crippen LogP contribution in [-0.2, 0) is 11.3 Å². The normalized spacial score (nSPS) is 11.1. The molecule has 0 saturated heterocycles. The molecule has 0 aliphatic heterocycles. The Labute approximate surface area is 132 Å². The van der Waals surface area contributed by atoms with Crippen molar-refractivity contribution in [3.05, 3.63) is 71.2 Å². The van der Waals surface area contributed by atoms with Crippen LogP contribution in [-0.4, -0.2) is 15.7 Å². The highest BCUT2D eigenvalue weighted by Gasteiger charge is 2.10. The number of nitrogens with zero attached hydrogens (tertiary/aromatic N) is 2. The van der Waals surface area contributed by atoms with E-state index in [-0.39, 0.29) is 0 Å². The fraction of sp³-hybridized carbons (Fsp3) is 0.0588. The summed E-state index contributed by atoms with van der Waals surface area (Å²) < 4.78 is 1.82. The molecule has 0 atom stereocenters. The Morgan fingerprint density at radius 2 is 2.05 bits per heavy atom. The summed E-state index contributed by atoms with van der Waals surface area (Å²) in [5.41, 5.74) is 2.68. The lowest BCUT2D eigenvalue weighted by atomic mass is 10.2. The summed E-state index contributed by atoms with van der Waals surface area (Å²) in [6, 6.07) is 13.9. The van der Waals surface area contributed by atoms with E-state index in [0.29, 0.717) is 6.54 Å². The first-order chi connectivity index (χ1) is 10.7. The van der Waals surface area contributed by atoms with Crippen LogP contribution >= 0.6 is 11.3 Å². The van der Waals surface area contributed by atoms with Crippen LogP contribution in [0, 0.1) is 0 Å². The molecule has 0 aliphatic rings. The monoisotopic (exact) mass is 309 g/mol. The third kappa shape index (κ3) is 3.32. The Hall–Kier alpha value is -2.66. The van der Waals surface area contributed by atoms with Crippen molar-refractivity contribution in [2.45, 2.75) is 6.54 Å². The van der Waals surface area contributed by atoms with Crippen LogP contribution in [0.2, 0.25) is 0 Å². The van der Waals surface area contributed by atoms with Crippen molar-refractivity contribution in [2.75, 3.05) is 0 Å². The van der Waals surface area contributed by atoms with Gasteiger partial charge in [-0.25, -0.2) is 0 Å². The lowest BCUT2D eigenvalue weighted by molar-refractivity contribution is -0.297. The molecule has 0 saturated carbocycles. The zero-order valence-electron chi connectivity index (χ0n) is 11.7. The first-order valence-electron chi connectivity index (χ1n) is 6.77. The average molecular weight is 309 g/mol. The second-order valence-electron chi connectivity index (χ2n) is 4.75. The number of carbonyl (C=O) groups is 1. The Morgan fingerprint density at radius 1 is 1.23 bits per heavy atom. The minimum atomic E-state index is -1.21. The van der Waals surface area contributed by atoms with Crippen LogP contribution in [0.25, 0.3) is 16.6 Å². The Morgan fingerprint density at radius 3 is 2.73 bits per heavy atom. The van der Waals surface area contributed by atoms with E-state index in [0.717, 1.165) is 27.8 Å². The van der Waals surface area contributed by atoms with Gasteiger partial charge in [-0.1, -0.05) is 36.4 Å². The molecule has 0 unspecified atom stereocenters. The molecule has 2 heterocycles. The van der Waals surface area contributed by atoms with Gasteiger partial charge in [0.1, 0.15) is 5.69 Å². The highest BCUT2D eigenvalue weighted by Crippen LogP contribution is 2.27. The third-order valence-electron chi connectivity index (χ3n) is 3.13. The van der Waals surface area contributed by atoms with Crippen molar-refractivity contribution < 1.29 is 9.90 Å². The largest absolute Gasteiger partial charge is 0.545 e. The second kappa shape index (κ2) is 6.41. The molecule has 0 fully saturated rings. The van der Waals surface area contributed by atoms with Gasteiger partial charge in [0.05, 0.1) is 17.4 Å². The molecular weight excluding hydrogens is 296 g/mol. The number of carboxylic acids is 1. The molecular formula is C17H13N2O2S-. The first kappa shape index (κ1) is 14.3. The minimum absolute atomic E-state index is 0.637. The van der Waals surface area contributed by atoms with Gasteiger partial charge >= 0.3 is 0 Å². The SMILES string of the molecule is O=C([O-])/C=C/c1cn(Cc2ccccc2)nc1-c1cccs1. The average Bonchev–Trinajstić information content (AvgIpc) is 3.15. The van der Waals surface area contributed by atoms with Crippen molar-refractivity contribution in [3.8, 4) is 10.6 Å². The van der Waals surface area contributed by atoms with Gasteiger partial charge in [-0.05, 0) is 29.2 Å². The lowest BCUT2D eigenvalue weighted by Crippen LogP contribution is -2.18. The maximum atomic E-state index is 10.6. The molecule has 3 aromatic rings. The van der Waals surface area contributed by atoms with Crippen LogP contribution in [0.15, 0.2) is 60.1 Å². The van der Waals surface area contributed by atoms with Crippen LogP contribution in [0.5, 0.6) is 0 Å². The molecule has 4 nitrogen and oxygen atoms in total. The molecule has 22 heavy (non-hydrogen) atoms. The predicted molar refractivity (Wildman–Crippen MR) is 85.1 cm³/mol. The first-order valence-corrected chi connectivity index (χ1v) is 7.64. The van der Waals surface area contributed by atoms with E-state index in [9.17, 15) is 9.90 Å². The number of carbonyl (C=O) groups excluding carboxylic acids is 1. The molecule has 0 aliphatic carbocycles. The fourth-order valence-corrected chi connectivity index (χ4v) is 2.90. The quantitative estimate of drug-likeness (QED) is 0.680. The third-order valence-corrected chi connectivity index (χ3v) is 4.01. The number of rotatable bonds is 5. The lowest BCUT2D eigenvalue weighted by Gasteiger charge is -2.00. The summed E-state index contributed by atoms with van der Waals surface area (Å²) in [6.07, 6.45) is 4.40. The number of benzene rings is 1. The van der Waals surface area contributed by atoms with E-state index in [1.54, 1.807) is 11.3 Å². The molecule has 2 aromatic heterocycles. The zero-order chi connectivity index (χ0) is 15.4. The highest BCUT2D eigenvalue weighted by molar-refractivity contribution is 7.13. The number of hydrogen-bond donors (Lipinski definition) is 0. The molecule has 0 radical (unpaired) electrons. The van der Waals surface area contributed by atoms with Gasteiger partial charge in [-0.2, -0.15) is 5.10 Å². The summed E-state index contributed by atoms with van der Waals surface area (Å²) in [7, 11) is 0. The Kier molecular flexibility index (Phi) is 4.16. The molecule has 0 amide bonds. The van der Waals surface area contributed by atoms with Crippen molar-refractivity contribution in [1.82, 2.24) is 9.78 Å². The van der Waals surface area contributed by atoms with E-state index in [4.69, 9.17) is 0 Å². The van der Waals surface area contributed by atoms with Gasteiger partial charge in [-0.3, -0.25) is 4.68 Å². The van der Waals surface area contributed by atoms with Gasteiger partial charge in [0.25, 0.3) is 0 Å². The van der Waals surface area contributed by atoms with Crippen molar-refractivity contribution in [2.24, 2.45) is 0 Å². The zero-order valence-corrected chi connectivity index (χ0v) is 12.5. The molecule has 5 heteroatoms. The maximum absolute atomic E-state index is 10.6. The van der Waals surface area contributed by atoms with Gasteiger partial charge in [0, 0.05) is 11.8 Å². The van der Waals surface area contributed by atoms with E-state index in [1.807, 2.05) is 58.7 Å². The van der Waals surface area contributed by atoms with Crippen LogP contribution < -0.4 is 5.11 Å². The summed E-state index contributed by atoms with van der Waals surface area (Å²) in [5.74, 6) is -1.21. The number of thiophene rings is 1. The predicted octanol–water partition coefficient (Wildman–Crippen LogP) is 2.42. The molecule has 110 valence electrons. The summed E-state index contributed by atoms with van der Waals surface area (Å²) >= 11 is 1.57. The minimum Gasteiger partial charge on any atom is -0.545 e. The van der Waals surface area contributed by atoms with Crippen LogP contribution in [0.1, 0.15) is 11.1 Å². The van der Waals surface area contributed by atoms with Crippen molar-refractivity contribution >= 4 is 23.4 Å². The Balaban J connectivity index is 1.95. The topological polar surface area (TPSA) is 57.9 Å². The smallest absolute Gasteiger partial charge is 0.109 e. The maximum Gasteiger partial charge on any atom is 0.109 e. The van der Waals surface area contributed by atoms with Crippen LogP contribution in [0.4, 0.5) is 0 Å². The van der Waals surface area contributed by atoms with Gasteiger partial charge in [0.2, 0.25) is 0 Å². The standard InChI is InChI=1S/C17H14N2O2S/c20-16(21)9-8-14-12-19(11-13-5-2-1-3-6-13)18-17(14)15-7-4-10-22-15/h1-10,12H,11H2,(H,20,21)/p-1/b9-8+. The summed E-state index contributed by atoms with van der Waals surface area (Å²) in [5, 5.41) is 17.2. The van der Waals surface area contributed by atoms with E-state index in [2.05, 4.69) is 5.10 Å². The van der Waals surface area contributed by atoms with Crippen molar-refractivity contribution in [3.63, 3.8) is 0 Å². The number of carboxylic acid groups (broad SMARTS) is 1. The molecule has 3 rings (SSSR count). The van der Waals surface area contributed by atoms with E-state index < -0.39 is 5.97 Å². The van der Waals surface area contributed by atoms with E-state index >= 15 is 0 Å². The fourth-order valence-electron chi connectivity index (χ4n) is 2.17. The van der Waals surface area contributed by atoms with E-state index in [1.165, 1.54) is 6.08 Å². The number of aromatic nitrogens is 2. The molecule has 0 spiro atoms. The number of hydrogen-bond acceptors (Lipinski definition) is 4. The van der Waals surface area contributed by atoms with Gasteiger partial charge < -0.3 is 9.90 Å². The number of aliphatic carboxylic acids is 1. The van der Waals surface area contributed by atoms with Gasteiger partial charge in [0.15, 0.2) is 0 Å². The summed E-state index contributed by atoms with van der Waals surface area (Å²) in [6.45, 7) is 0.637. The van der Waals surface area contributed by atoms with Gasteiger partial charge in [-0.15, -0.1) is 11.3 Å². The van der Waals surface area contributed by atoms with Crippen LogP contribution in [0.3, 0.4) is 0 Å². The molecule has 1 aromatic carbocycles. The highest BCUT2D eigenvalue weighted by atomic mass is 32.1. The molecule has 0 N–H and O–H groups in total. The summed E-state index contributed by atoms with van der Waals surface area (Å²) in [4.78, 5) is 11.7. The second-order valence-corrected chi connectivity index (χ2v) is 5.69.